The molecule has 0 atom stereocenters. The molecule has 0 fully saturated rings. The Morgan fingerprint density at radius 2 is 1.71 bits per heavy atom. The fourth-order valence-electron chi connectivity index (χ4n) is 1.49. The summed E-state index contributed by atoms with van der Waals surface area (Å²) < 4.78 is 0. The van der Waals surface area contributed by atoms with Crippen molar-refractivity contribution in [3.63, 3.8) is 0 Å². The maximum Gasteiger partial charge on any atom is 0.231 e. The summed E-state index contributed by atoms with van der Waals surface area (Å²) in [7, 11) is 0. The molecule has 1 N–H and O–H groups in total. The largest absolute Gasteiger partial charge is 0.325 e. The fourth-order valence-corrected chi connectivity index (χ4v) is 1.49. The highest BCUT2D eigenvalue weighted by atomic mass is 16.2. The van der Waals surface area contributed by atoms with Gasteiger partial charge in [0.25, 0.3) is 0 Å². The molecule has 1 aromatic carbocycles. The van der Waals surface area contributed by atoms with Crippen molar-refractivity contribution in [2.75, 3.05) is 5.32 Å². The first-order chi connectivity index (χ1) is 7.99. The number of rotatable bonds is 5. The topological polar surface area (TPSA) is 63.2 Å². The Kier molecular flexibility index (Phi) is 4.57. The first-order valence-electron chi connectivity index (χ1n) is 5.35. The van der Waals surface area contributed by atoms with Crippen molar-refractivity contribution in [3.8, 4) is 0 Å². The van der Waals surface area contributed by atoms with E-state index in [0.717, 1.165) is 5.56 Å². The molecule has 17 heavy (non-hydrogen) atoms. The molecule has 0 bridgehead atoms. The average Bonchev–Trinajstić information content (AvgIpc) is 2.18. The molecule has 1 amide bonds. The third-order valence-corrected chi connectivity index (χ3v) is 2.14. The first-order valence-corrected chi connectivity index (χ1v) is 5.35. The van der Waals surface area contributed by atoms with Crippen molar-refractivity contribution in [3.05, 3.63) is 29.8 Å². The maximum atomic E-state index is 11.4. The van der Waals surface area contributed by atoms with Crippen LogP contribution in [0.25, 0.3) is 0 Å². The quantitative estimate of drug-likeness (QED) is 0.788. The van der Waals surface area contributed by atoms with Crippen molar-refractivity contribution in [2.45, 2.75) is 26.7 Å². The lowest BCUT2D eigenvalue weighted by Crippen LogP contribution is -2.16. The van der Waals surface area contributed by atoms with Crippen LogP contribution in [0.4, 0.5) is 5.69 Å². The Labute approximate surface area is 100 Å². The minimum atomic E-state index is -0.353. The van der Waals surface area contributed by atoms with Gasteiger partial charge in [-0.05, 0) is 25.5 Å². The molecule has 0 saturated heterocycles. The van der Waals surface area contributed by atoms with E-state index in [-0.39, 0.29) is 30.3 Å². The number of hydrogen-bond donors (Lipinski definition) is 1. The van der Waals surface area contributed by atoms with Gasteiger partial charge >= 0.3 is 0 Å². The SMILES string of the molecule is CC(=O)CC(=O)Nc1ccccc1CC(C)=O. The lowest BCUT2D eigenvalue weighted by Gasteiger charge is -2.09. The Morgan fingerprint density at radius 3 is 2.29 bits per heavy atom. The van der Waals surface area contributed by atoms with Gasteiger partial charge in [0.15, 0.2) is 0 Å². The molecular weight excluding hydrogens is 218 g/mol. The van der Waals surface area contributed by atoms with Crippen LogP contribution in [0.5, 0.6) is 0 Å². The van der Waals surface area contributed by atoms with Gasteiger partial charge in [-0.1, -0.05) is 18.2 Å². The van der Waals surface area contributed by atoms with E-state index < -0.39 is 0 Å². The molecule has 0 aromatic heterocycles. The molecule has 0 aliphatic heterocycles. The van der Waals surface area contributed by atoms with Crippen LogP contribution in [0.1, 0.15) is 25.8 Å². The number of carbonyl (C=O) groups is 3. The summed E-state index contributed by atoms with van der Waals surface area (Å²) in [4.78, 5) is 33.3. The van der Waals surface area contributed by atoms with E-state index in [0.29, 0.717) is 5.69 Å². The number of amides is 1. The Balaban J connectivity index is 2.79. The van der Waals surface area contributed by atoms with Crippen molar-refractivity contribution in [2.24, 2.45) is 0 Å². The normalized spacial score (nSPS) is 9.76. The van der Waals surface area contributed by atoms with Crippen LogP contribution in [0, 0.1) is 0 Å². The molecule has 4 nitrogen and oxygen atoms in total. The molecule has 90 valence electrons. The highest BCUT2D eigenvalue weighted by Crippen LogP contribution is 2.16. The number of carbonyl (C=O) groups excluding carboxylic acids is 3. The highest BCUT2D eigenvalue weighted by Gasteiger charge is 2.09. The molecule has 0 aliphatic rings. The van der Waals surface area contributed by atoms with Crippen LogP contribution < -0.4 is 5.32 Å². The summed E-state index contributed by atoms with van der Waals surface area (Å²) in [6, 6.07) is 7.08. The number of Topliss-reactive ketones (excluding diaryl/α,β-unsaturated/α-hetero) is 2. The van der Waals surface area contributed by atoms with E-state index >= 15 is 0 Å². The molecule has 0 heterocycles. The summed E-state index contributed by atoms with van der Waals surface area (Å²) in [5.74, 6) is -0.515. The third kappa shape index (κ3) is 4.59. The van der Waals surface area contributed by atoms with Gasteiger partial charge < -0.3 is 5.32 Å². The molecule has 0 aliphatic carbocycles. The van der Waals surface area contributed by atoms with Crippen LogP contribution in [0.3, 0.4) is 0 Å². The molecule has 0 unspecified atom stereocenters. The van der Waals surface area contributed by atoms with E-state index in [1.54, 1.807) is 24.3 Å². The van der Waals surface area contributed by atoms with Crippen molar-refractivity contribution in [1.29, 1.82) is 0 Å². The fraction of sp³-hybridized carbons (Fsp3) is 0.308. The summed E-state index contributed by atoms with van der Waals surface area (Å²) in [6.07, 6.45) is 0.130. The summed E-state index contributed by atoms with van der Waals surface area (Å²) in [5, 5.41) is 2.64. The van der Waals surface area contributed by atoms with Crippen LogP contribution in [-0.2, 0) is 20.8 Å². The number of anilines is 1. The lowest BCUT2D eigenvalue weighted by atomic mass is 10.1. The molecule has 0 spiro atoms. The van der Waals surface area contributed by atoms with Crippen molar-refractivity contribution >= 4 is 23.2 Å². The van der Waals surface area contributed by atoms with Gasteiger partial charge in [-0.15, -0.1) is 0 Å². The van der Waals surface area contributed by atoms with Crippen LogP contribution in [0.2, 0.25) is 0 Å². The van der Waals surface area contributed by atoms with E-state index in [1.807, 2.05) is 0 Å². The minimum Gasteiger partial charge on any atom is -0.325 e. The number of hydrogen-bond acceptors (Lipinski definition) is 3. The van der Waals surface area contributed by atoms with Gasteiger partial charge in [0.1, 0.15) is 11.6 Å². The Bertz CT molecular complexity index is 452. The zero-order valence-corrected chi connectivity index (χ0v) is 9.95. The number of nitrogens with one attached hydrogen (secondary N) is 1. The summed E-state index contributed by atoms with van der Waals surface area (Å²) in [6.45, 7) is 2.86. The monoisotopic (exact) mass is 233 g/mol. The van der Waals surface area contributed by atoms with Gasteiger partial charge in [0.05, 0.1) is 6.42 Å². The molecule has 1 aromatic rings. The number of para-hydroxylation sites is 1. The molecular formula is C13H15NO3. The second-order valence-corrected chi connectivity index (χ2v) is 3.96. The van der Waals surface area contributed by atoms with Gasteiger partial charge in [-0.25, -0.2) is 0 Å². The van der Waals surface area contributed by atoms with Gasteiger partial charge in [0, 0.05) is 12.1 Å². The van der Waals surface area contributed by atoms with Crippen LogP contribution in [-0.4, -0.2) is 17.5 Å². The van der Waals surface area contributed by atoms with Crippen LogP contribution in [0.15, 0.2) is 24.3 Å². The number of ketones is 2. The predicted octanol–water partition coefficient (Wildman–Crippen LogP) is 1.74. The zero-order chi connectivity index (χ0) is 12.8. The highest BCUT2D eigenvalue weighted by molar-refractivity contribution is 6.04. The van der Waals surface area contributed by atoms with E-state index in [4.69, 9.17) is 0 Å². The third-order valence-electron chi connectivity index (χ3n) is 2.14. The lowest BCUT2D eigenvalue weighted by molar-refractivity contribution is -0.124. The molecule has 0 saturated carbocycles. The van der Waals surface area contributed by atoms with Crippen LogP contribution >= 0.6 is 0 Å². The molecule has 4 heteroatoms. The molecule has 1 rings (SSSR count). The zero-order valence-electron chi connectivity index (χ0n) is 9.95. The second kappa shape index (κ2) is 5.94. The Morgan fingerprint density at radius 1 is 1.06 bits per heavy atom. The second-order valence-electron chi connectivity index (χ2n) is 3.96. The van der Waals surface area contributed by atoms with E-state index in [1.165, 1.54) is 13.8 Å². The smallest absolute Gasteiger partial charge is 0.231 e. The van der Waals surface area contributed by atoms with E-state index in [9.17, 15) is 14.4 Å². The van der Waals surface area contributed by atoms with Crippen molar-refractivity contribution < 1.29 is 14.4 Å². The van der Waals surface area contributed by atoms with E-state index in [2.05, 4.69) is 5.32 Å². The standard InChI is InChI=1S/C13H15NO3/c1-9(15)7-11-5-3-4-6-12(11)14-13(17)8-10(2)16/h3-6H,7-8H2,1-2H3,(H,14,17). The maximum absolute atomic E-state index is 11.4. The summed E-state index contributed by atoms with van der Waals surface area (Å²) >= 11 is 0. The van der Waals surface area contributed by atoms with Gasteiger partial charge in [0.2, 0.25) is 5.91 Å². The number of benzene rings is 1. The van der Waals surface area contributed by atoms with Gasteiger partial charge in [-0.3, -0.25) is 14.4 Å². The van der Waals surface area contributed by atoms with Gasteiger partial charge in [-0.2, -0.15) is 0 Å². The average molecular weight is 233 g/mol. The minimum absolute atomic E-state index is 0.0262. The summed E-state index contributed by atoms with van der Waals surface area (Å²) in [5.41, 5.74) is 1.35. The first kappa shape index (κ1) is 13.1. The predicted molar refractivity (Wildman–Crippen MR) is 64.8 cm³/mol. The molecule has 0 radical (unpaired) electrons. The Hall–Kier alpha value is -1.97. The van der Waals surface area contributed by atoms with Crippen molar-refractivity contribution in [1.82, 2.24) is 0 Å².